The van der Waals surface area contributed by atoms with Crippen LogP contribution in [0.4, 0.5) is 4.39 Å². The molecule has 0 bridgehead atoms. The number of aryl methyl sites for hydroxylation is 1. The lowest BCUT2D eigenvalue weighted by Crippen LogP contribution is -2.01. The first-order valence-electron chi connectivity index (χ1n) is 6.04. The molecule has 0 heterocycles. The van der Waals surface area contributed by atoms with Gasteiger partial charge in [-0.2, -0.15) is 4.39 Å². The average Bonchev–Trinajstić information content (AvgIpc) is 2.39. The van der Waals surface area contributed by atoms with Gasteiger partial charge in [0, 0.05) is 4.90 Å². The quantitative estimate of drug-likeness (QED) is 0.769. The van der Waals surface area contributed by atoms with Crippen molar-refractivity contribution in [3.8, 4) is 0 Å². The minimum absolute atomic E-state index is 0.409. The van der Waals surface area contributed by atoms with Crippen molar-refractivity contribution in [2.75, 3.05) is 0 Å². The lowest BCUT2D eigenvalue weighted by molar-refractivity contribution is 0.563. The molecule has 1 unspecified atom stereocenters. The van der Waals surface area contributed by atoms with Crippen LogP contribution in [-0.4, -0.2) is 4.21 Å². The first-order valence-corrected chi connectivity index (χ1v) is 7.19. The first kappa shape index (κ1) is 12.5. The fraction of sp³-hybridized carbons (Fsp3) is 0.429. The maximum absolute atomic E-state index is 14.0. The molecule has 2 rings (SSSR count). The van der Waals surface area contributed by atoms with Crippen molar-refractivity contribution in [2.24, 2.45) is 0 Å². The Morgan fingerprint density at radius 3 is 2.29 bits per heavy atom. The molecule has 1 aliphatic carbocycles. The molecular weight excluding hydrogens is 235 g/mol. The Bertz CT molecular complexity index is 440. The predicted molar refractivity (Wildman–Crippen MR) is 68.8 cm³/mol. The summed E-state index contributed by atoms with van der Waals surface area (Å²) in [5, 5.41) is -0.409. The molecule has 0 amide bonds. The van der Waals surface area contributed by atoms with Crippen LogP contribution in [0.1, 0.15) is 37.7 Å². The van der Waals surface area contributed by atoms with Gasteiger partial charge in [-0.15, -0.1) is 0 Å². The van der Waals surface area contributed by atoms with Gasteiger partial charge in [-0.1, -0.05) is 24.1 Å². The van der Waals surface area contributed by atoms with Crippen LogP contribution in [0.2, 0.25) is 0 Å². The largest absolute Gasteiger partial charge is 0.247 e. The summed E-state index contributed by atoms with van der Waals surface area (Å²) < 4.78 is 26.1. The highest BCUT2D eigenvalue weighted by Gasteiger charge is 2.17. The van der Waals surface area contributed by atoms with E-state index in [2.05, 4.69) is 0 Å². The minimum Gasteiger partial charge on any atom is -0.247 e. The Morgan fingerprint density at radius 2 is 1.71 bits per heavy atom. The number of hydrogen-bond acceptors (Lipinski definition) is 1. The Balaban J connectivity index is 2.21. The molecule has 17 heavy (non-hydrogen) atoms. The van der Waals surface area contributed by atoms with Crippen LogP contribution in [0.3, 0.4) is 0 Å². The Labute approximate surface area is 104 Å². The van der Waals surface area contributed by atoms with Crippen molar-refractivity contribution >= 4 is 10.8 Å². The summed E-state index contributed by atoms with van der Waals surface area (Å²) in [5.41, 5.74) is 1.85. The molecule has 0 saturated heterocycles. The second-order valence-electron chi connectivity index (χ2n) is 4.52. The summed E-state index contributed by atoms with van der Waals surface area (Å²) in [6, 6.07) is 7.22. The van der Waals surface area contributed by atoms with Crippen molar-refractivity contribution in [1.82, 2.24) is 0 Å². The van der Waals surface area contributed by atoms with E-state index in [9.17, 15) is 8.60 Å². The number of rotatable bonds is 2. The van der Waals surface area contributed by atoms with Crippen LogP contribution in [0.25, 0.3) is 0 Å². The van der Waals surface area contributed by atoms with E-state index in [-0.39, 0.29) is 0 Å². The Hall–Kier alpha value is -0.960. The molecule has 1 saturated carbocycles. The lowest BCUT2D eigenvalue weighted by Gasteiger charge is -2.14. The molecule has 0 radical (unpaired) electrons. The third kappa shape index (κ3) is 3.03. The average molecular weight is 252 g/mol. The highest BCUT2D eigenvalue weighted by atomic mass is 32.2. The van der Waals surface area contributed by atoms with Crippen LogP contribution in [-0.2, 0) is 10.8 Å². The van der Waals surface area contributed by atoms with E-state index in [1.165, 1.54) is 0 Å². The Morgan fingerprint density at radius 1 is 1.12 bits per heavy atom. The molecule has 1 aliphatic rings. The van der Waals surface area contributed by atoms with E-state index in [0.717, 1.165) is 43.2 Å². The summed E-state index contributed by atoms with van der Waals surface area (Å²) in [4.78, 5) is 0.561. The van der Waals surface area contributed by atoms with Crippen molar-refractivity contribution in [3.05, 3.63) is 40.6 Å². The normalized spacial score (nSPS) is 17.9. The van der Waals surface area contributed by atoms with E-state index in [1.807, 2.05) is 19.1 Å². The Kier molecular flexibility index (Phi) is 4.11. The van der Waals surface area contributed by atoms with Gasteiger partial charge in [-0.3, -0.25) is 0 Å². The van der Waals surface area contributed by atoms with Gasteiger partial charge < -0.3 is 0 Å². The van der Waals surface area contributed by atoms with Gasteiger partial charge in [0.15, 0.2) is 5.16 Å². The first-order chi connectivity index (χ1) is 8.18. The van der Waals surface area contributed by atoms with Crippen molar-refractivity contribution < 1.29 is 8.60 Å². The van der Waals surface area contributed by atoms with Gasteiger partial charge >= 0.3 is 0 Å². The molecule has 1 atom stereocenters. The molecule has 0 N–H and O–H groups in total. The summed E-state index contributed by atoms with van der Waals surface area (Å²) in [5.74, 6) is 0. The molecule has 1 aromatic carbocycles. The van der Waals surface area contributed by atoms with Gasteiger partial charge in [0.05, 0.1) is 0 Å². The van der Waals surface area contributed by atoms with Gasteiger partial charge in [0.25, 0.3) is 0 Å². The van der Waals surface area contributed by atoms with Crippen molar-refractivity contribution in [2.45, 2.75) is 43.9 Å². The molecule has 1 fully saturated rings. The van der Waals surface area contributed by atoms with E-state index in [4.69, 9.17) is 0 Å². The van der Waals surface area contributed by atoms with E-state index >= 15 is 0 Å². The second-order valence-corrected chi connectivity index (χ2v) is 5.89. The highest BCUT2D eigenvalue weighted by molar-refractivity contribution is 7.88. The summed E-state index contributed by atoms with van der Waals surface area (Å²) in [6.45, 7) is 1.96. The number of hydrogen-bond donors (Lipinski definition) is 0. The molecule has 92 valence electrons. The molecule has 1 aromatic rings. The highest BCUT2D eigenvalue weighted by Crippen LogP contribution is 2.29. The maximum Gasteiger partial charge on any atom is 0.190 e. The van der Waals surface area contributed by atoms with Gasteiger partial charge in [0.1, 0.15) is 10.8 Å². The predicted octanol–water partition coefficient (Wildman–Crippen LogP) is 4.25. The van der Waals surface area contributed by atoms with Crippen LogP contribution in [0, 0.1) is 6.92 Å². The SMILES string of the molecule is Cc1ccc(S(=O)C(F)=C2CCCCC2)cc1. The summed E-state index contributed by atoms with van der Waals surface area (Å²) in [7, 11) is -1.62. The molecular formula is C14H17FOS. The molecule has 3 heteroatoms. The minimum atomic E-state index is -1.62. The fourth-order valence-corrected chi connectivity index (χ4v) is 3.13. The van der Waals surface area contributed by atoms with E-state index in [1.54, 1.807) is 12.1 Å². The second kappa shape index (κ2) is 5.58. The summed E-state index contributed by atoms with van der Waals surface area (Å²) >= 11 is 0. The number of halogens is 1. The van der Waals surface area contributed by atoms with Crippen LogP contribution >= 0.6 is 0 Å². The standard InChI is InChI=1S/C14H17FOS/c1-11-7-9-13(10-8-11)17(16)14(15)12-5-3-2-4-6-12/h7-10H,2-6H2,1H3. The van der Waals surface area contributed by atoms with Crippen molar-refractivity contribution in [1.29, 1.82) is 0 Å². The zero-order chi connectivity index (χ0) is 12.3. The number of benzene rings is 1. The summed E-state index contributed by atoms with van der Waals surface area (Å²) in [6.07, 6.45) is 4.74. The monoisotopic (exact) mass is 252 g/mol. The van der Waals surface area contributed by atoms with E-state index < -0.39 is 16.0 Å². The third-order valence-electron chi connectivity index (χ3n) is 3.13. The van der Waals surface area contributed by atoms with Gasteiger partial charge in [0.2, 0.25) is 0 Å². The number of allylic oxidation sites excluding steroid dienone is 1. The zero-order valence-electron chi connectivity index (χ0n) is 10.0. The topological polar surface area (TPSA) is 17.1 Å². The molecule has 0 aromatic heterocycles. The van der Waals surface area contributed by atoms with E-state index in [0.29, 0.717) is 4.90 Å². The van der Waals surface area contributed by atoms with Crippen LogP contribution in [0.15, 0.2) is 39.9 Å². The fourth-order valence-electron chi connectivity index (χ4n) is 2.07. The zero-order valence-corrected chi connectivity index (χ0v) is 10.9. The lowest BCUT2D eigenvalue weighted by atomic mass is 9.96. The molecule has 0 aliphatic heterocycles. The van der Waals surface area contributed by atoms with Gasteiger partial charge in [-0.25, -0.2) is 4.21 Å². The van der Waals surface area contributed by atoms with Crippen LogP contribution in [0.5, 0.6) is 0 Å². The maximum atomic E-state index is 14.0. The van der Waals surface area contributed by atoms with Gasteiger partial charge in [-0.05, 0) is 50.3 Å². The van der Waals surface area contributed by atoms with Crippen molar-refractivity contribution in [3.63, 3.8) is 0 Å². The molecule has 1 nitrogen and oxygen atoms in total. The third-order valence-corrected chi connectivity index (χ3v) is 4.45. The molecule has 0 spiro atoms. The smallest absolute Gasteiger partial charge is 0.190 e. The van der Waals surface area contributed by atoms with Crippen LogP contribution < -0.4 is 0 Å².